The Bertz CT molecular complexity index is 1050. The molecule has 0 saturated heterocycles. The van der Waals surface area contributed by atoms with Gasteiger partial charge in [0.1, 0.15) is 4.21 Å². The van der Waals surface area contributed by atoms with Crippen molar-refractivity contribution in [2.24, 2.45) is 4.99 Å². The molecular formula is C20H25IN4O2S2. The van der Waals surface area contributed by atoms with Gasteiger partial charge >= 0.3 is 0 Å². The van der Waals surface area contributed by atoms with E-state index in [9.17, 15) is 8.42 Å². The first kappa shape index (κ1) is 23.6. The van der Waals surface area contributed by atoms with Gasteiger partial charge in [0, 0.05) is 20.1 Å². The van der Waals surface area contributed by atoms with Gasteiger partial charge in [-0.25, -0.2) is 13.1 Å². The van der Waals surface area contributed by atoms with Gasteiger partial charge in [-0.2, -0.15) is 0 Å². The number of nitrogens with one attached hydrogen (secondary N) is 3. The first-order valence-corrected chi connectivity index (χ1v) is 11.4. The highest BCUT2D eigenvalue weighted by Crippen LogP contribution is 2.23. The molecule has 9 heteroatoms. The lowest BCUT2D eigenvalue weighted by atomic mass is 10.00. The van der Waals surface area contributed by atoms with E-state index in [1.807, 2.05) is 18.2 Å². The van der Waals surface area contributed by atoms with Crippen molar-refractivity contribution < 1.29 is 8.42 Å². The number of fused-ring (bicyclic) bond motifs is 1. The Balaban J connectivity index is 0.00000300. The van der Waals surface area contributed by atoms with Crippen LogP contribution in [0.4, 0.5) is 0 Å². The van der Waals surface area contributed by atoms with Gasteiger partial charge in [-0.3, -0.25) is 4.99 Å². The Morgan fingerprint density at radius 2 is 1.83 bits per heavy atom. The first-order chi connectivity index (χ1) is 13.5. The third-order valence-electron chi connectivity index (χ3n) is 4.34. The molecule has 1 heterocycles. The number of benzene rings is 2. The SMILES string of the molecule is CN=C(NCCNS(=O)(=O)c1cccs1)NC(C)c1cccc2ccccc12.I. The van der Waals surface area contributed by atoms with Crippen LogP contribution in [0.25, 0.3) is 10.8 Å². The fourth-order valence-corrected chi connectivity index (χ4v) is 5.03. The second-order valence-electron chi connectivity index (χ2n) is 6.26. The van der Waals surface area contributed by atoms with Crippen molar-refractivity contribution in [1.29, 1.82) is 0 Å². The third-order valence-corrected chi connectivity index (χ3v) is 7.19. The molecule has 3 N–H and O–H groups in total. The zero-order chi connectivity index (χ0) is 20.0. The van der Waals surface area contributed by atoms with Crippen LogP contribution < -0.4 is 15.4 Å². The number of nitrogens with zero attached hydrogens (tertiary/aromatic N) is 1. The minimum atomic E-state index is -3.44. The summed E-state index contributed by atoms with van der Waals surface area (Å²) < 4.78 is 27.1. The predicted octanol–water partition coefficient (Wildman–Crippen LogP) is 3.72. The number of guanidine groups is 1. The van der Waals surface area contributed by atoms with Gasteiger partial charge in [-0.15, -0.1) is 35.3 Å². The Labute approximate surface area is 192 Å². The molecule has 1 atom stereocenters. The van der Waals surface area contributed by atoms with Crippen LogP contribution in [0.1, 0.15) is 18.5 Å². The Kier molecular flexibility index (Phi) is 8.87. The van der Waals surface area contributed by atoms with Gasteiger partial charge in [-0.05, 0) is 34.7 Å². The monoisotopic (exact) mass is 544 g/mol. The molecule has 0 aliphatic rings. The molecule has 1 aromatic heterocycles. The predicted molar refractivity (Wildman–Crippen MR) is 132 cm³/mol. The summed E-state index contributed by atoms with van der Waals surface area (Å²) in [7, 11) is -1.75. The molecule has 0 aliphatic carbocycles. The third kappa shape index (κ3) is 6.14. The largest absolute Gasteiger partial charge is 0.355 e. The quantitative estimate of drug-likeness (QED) is 0.183. The summed E-state index contributed by atoms with van der Waals surface area (Å²) in [5, 5.41) is 10.7. The van der Waals surface area contributed by atoms with E-state index in [1.165, 1.54) is 27.7 Å². The van der Waals surface area contributed by atoms with Crippen molar-refractivity contribution in [3.63, 3.8) is 0 Å². The summed E-state index contributed by atoms with van der Waals surface area (Å²) in [4.78, 5) is 4.24. The van der Waals surface area contributed by atoms with Crippen LogP contribution in [0.5, 0.6) is 0 Å². The van der Waals surface area contributed by atoms with Crippen LogP contribution >= 0.6 is 35.3 Å². The highest BCUT2D eigenvalue weighted by Gasteiger charge is 2.14. The van der Waals surface area contributed by atoms with E-state index in [4.69, 9.17) is 0 Å². The van der Waals surface area contributed by atoms with Crippen LogP contribution in [0.3, 0.4) is 0 Å². The zero-order valence-corrected chi connectivity index (χ0v) is 20.2. The van der Waals surface area contributed by atoms with Gasteiger partial charge in [0.15, 0.2) is 5.96 Å². The molecule has 156 valence electrons. The molecule has 29 heavy (non-hydrogen) atoms. The Morgan fingerprint density at radius 3 is 2.55 bits per heavy atom. The number of sulfonamides is 1. The first-order valence-electron chi connectivity index (χ1n) is 8.99. The summed E-state index contributed by atoms with van der Waals surface area (Å²) in [6.45, 7) is 2.77. The molecule has 0 fully saturated rings. The highest BCUT2D eigenvalue weighted by atomic mass is 127. The minimum absolute atomic E-state index is 0. The standard InChI is InChI=1S/C20H24N4O2S2.HI/c1-15(17-10-5-8-16-7-3-4-9-18(16)17)24-20(21-2)22-12-13-23-28(25,26)19-11-6-14-27-19;/h3-11,14-15,23H,12-13H2,1-2H3,(H2,21,22,24);1H. The van der Waals surface area contributed by atoms with E-state index in [0.717, 1.165) is 0 Å². The fraction of sp³-hybridized carbons (Fsp3) is 0.250. The normalized spacial score (nSPS) is 13.0. The lowest BCUT2D eigenvalue weighted by molar-refractivity contribution is 0.582. The van der Waals surface area contributed by atoms with Crippen LogP contribution in [0, 0.1) is 0 Å². The van der Waals surface area contributed by atoms with E-state index >= 15 is 0 Å². The fourth-order valence-electron chi connectivity index (χ4n) is 2.96. The van der Waals surface area contributed by atoms with Gasteiger partial charge in [0.25, 0.3) is 0 Å². The van der Waals surface area contributed by atoms with E-state index < -0.39 is 10.0 Å². The number of rotatable bonds is 7. The molecule has 0 saturated carbocycles. The Hall–Kier alpha value is -1.69. The van der Waals surface area contributed by atoms with Crippen LogP contribution in [0.2, 0.25) is 0 Å². The number of hydrogen-bond acceptors (Lipinski definition) is 4. The average Bonchev–Trinajstić information content (AvgIpc) is 3.25. The molecule has 2 aromatic carbocycles. The molecule has 0 aliphatic heterocycles. The number of hydrogen-bond donors (Lipinski definition) is 3. The second kappa shape index (κ2) is 10.9. The van der Waals surface area contributed by atoms with Gasteiger partial charge in [0.2, 0.25) is 10.0 Å². The summed E-state index contributed by atoms with van der Waals surface area (Å²) in [5.41, 5.74) is 1.18. The van der Waals surface area contributed by atoms with Gasteiger partial charge in [-0.1, -0.05) is 48.5 Å². The number of aliphatic imine (C=N–C) groups is 1. The smallest absolute Gasteiger partial charge is 0.250 e. The van der Waals surface area contributed by atoms with Crippen LogP contribution in [-0.2, 0) is 10.0 Å². The molecule has 0 radical (unpaired) electrons. The zero-order valence-electron chi connectivity index (χ0n) is 16.3. The summed E-state index contributed by atoms with van der Waals surface area (Å²) in [6, 6.07) is 17.9. The van der Waals surface area contributed by atoms with Crippen molar-refractivity contribution in [2.45, 2.75) is 17.2 Å². The number of thiophene rings is 1. The molecule has 3 rings (SSSR count). The topological polar surface area (TPSA) is 82.6 Å². The van der Waals surface area contributed by atoms with Gasteiger partial charge < -0.3 is 10.6 Å². The lowest BCUT2D eigenvalue weighted by Crippen LogP contribution is -2.42. The average molecular weight is 544 g/mol. The molecule has 0 amide bonds. The van der Waals surface area contributed by atoms with Crippen molar-refractivity contribution in [2.75, 3.05) is 20.1 Å². The molecule has 0 bridgehead atoms. The minimum Gasteiger partial charge on any atom is -0.355 e. The maximum atomic E-state index is 12.1. The maximum Gasteiger partial charge on any atom is 0.250 e. The summed E-state index contributed by atoms with van der Waals surface area (Å²) >= 11 is 1.20. The van der Waals surface area contributed by atoms with E-state index in [0.29, 0.717) is 16.7 Å². The number of halogens is 1. The Morgan fingerprint density at radius 1 is 1.07 bits per heavy atom. The van der Waals surface area contributed by atoms with E-state index in [-0.39, 0.29) is 36.6 Å². The maximum absolute atomic E-state index is 12.1. The van der Waals surface area contributed by atoms with Crippen molar-refractivity contribution in [3.8, 4) is 0 Å². The van der Waals surface area contributed by atoms with E-state index in [1.54, 1.807) is 24.6 Å². The molecule has 3 aromatic rings. The lowest BCUT2D eigenvalue weighted by Gasteiger charge is -2.20. The molecule has 0 spiro atoms. The van der Waals surface area contributed by atoms with Crippen LogP contribution in [-0.4, -0.2) is 34.5 Å². The summed E-state index contributed by atoms with van der Waals surface area (Å²) in [6.07, 6.45) is 0. The molecular weight excluding hydrogens is 519 g/mol. The van der Waals surface area contributed by atoms with Gasteiger partial charge in [0.05, 0.1) is 6.04 Å². The highest BCUT2D eigenvalue weighted by molar-refractivity contribution is 14.0. The van der Waals surface area contributed by atoms with E-state index in [2.05, 4.69) is 51.5 Å². The molecule has 1 unspecified atom stereocenters. The van der Waals surface area contributed by atoms with Crippen molar-refractivity contribution >= 4 is 62.1 Å². The van der Waals surface area contributed by atoms with Crippen LogP contribution in [0.15, 0.2) is 69.2 Å². The molecule has 6 nitrogen and oxygen atoms in total. The summed E-state index contributed by atoms with van der Waals surface area (Å²) in [5.74, 6) is 0.621. The second-order valence-corrected chi connectivity index (χ2v) is 9.20. The van der Waals surface area contributed by atoms with Crippen molar-refractivity contribution in [1.82, 2.24) is 15.4 Å². The van der Waals surface area contributed by atoms with Crippen molar-refractivity contribution in [3.05, 3.63) is 65.5 Å².